The van der Waals surface area contributed by atoms with Crippen LogP contribution in [-0.4, -0.2) is 80.4 Å². The second-order valence-corrected chi connectivity index (χ2v) is 12.7. The Morgan fingerprint density at radius 3 is 2.57 bits per heavy atom. The monoisotopic (exact) mass is 628 g/mol. The number of hydrogen-bond acceptors (Lipinski definition) is 8. The van der Waals surface area contributed by atoms with Gasteiger partial charge in [0.25, 0.3) is 5.91 Å². The molecule has 0 radical (unpaired) electrons. The predicted molar refractivity (Wildman–Crippen MR) is 159 cm³/mol. The summed E-state index contributed by atoms with van der Waals surface area (Å²) in [5.74, 6) is -0.304. The summed E-state index contributed by atoms with van der Waals surface area (Å²) in [5, 5.41) is 15.4. The number of hydrogen-bond donors (Lipinski definition) is 3. The van der Waals surface area contributed by atoms with Crippen molar-refractivity contribution >= 4 is 33.3 Å². The minimum Gasteiger partial charge on any atom is -0.486 e. The summed E-state index contributed by atoms with van der Waals surface area (Å²) in [5.41, 5.74) is 0.741. The first-order valence-electron chi connectivity index (χ1n) is 13.9. The second-order valence-electron chi connectivity index (χ2n) is 10.7. The number of likely N-dealkylation sites (N-methyl/N-ethyl adjacent to an activating group) is 1. The van der Waals surface area contributed by atoms with Crippen molar-refractivity contribution in [1.29, 1.82) is 0 Å². The number of urea groups is 1. The van der Waals surface area contributed by atoms with Crippen molar-refractivity contribution in [3.63, 3.8) is 0 Å². The molecule has 2 aliphatic rings. The van der Waals surface area contributed by atoms with Crippen LogP contribution in [0.1, 0.15) is 24.2 Å². The Labute approximate surface area is 254 Å². The van der Waals surface area contributed by atoms with Gasteiger partial charge in [-0.1, -0.05) is 13.0 Å². The van der Waals surface area contributed by atoms with E-state index in [1.807, 2.05) is 0 Å². The number of ether oxygens (including phenoxy) is 3. The molecule has 0 spiro atoms. The number of carbonyl (C=O) groups excluding carboxylic acids is 2. The lowest BCUT2D eigenvalue weighted by atomic mass is 9.99. The Bertz CT molecular complexity index is 1650. The minimum absolute atomic E-state index is 0.0533. The molecule has 2 heterocycles. The van der Waals surface area contributed by atoms with Crippen molar-refractivity contribution in [2.24, 2.45) is 5.92 Å². The topological polar surface area (TPSA) is 147 Å². The van der Waals surface area contributed by atoms with Crippen molar-refractivity contribution in [2.75, 3.05) is 44.2 Å². The van der Waals surface area contributed by atoms with Crippen LogP contribution >= 0.6 is 0 Å². The average Bonchev–Trinajstić information content (AvgIpc) is 3.47. The molecule has 3 aromatic carbocycles. The molecule has 0 fully saturated rings. The molecule has 2 aliphatic heterocycles. The van der Waals surface area contributed by atoms with E-state index in [-0.39, 0.29) is 48.4 Å². The van der Waals surface area contributed by atoms with Gasteiger partial charge in [0.1, 0.15) is 11.9 Å². The zero-order valence-electron chi connectivity index (χ0n) is 24.3. The van der Waals surface area contributed by atoms with E-state index in [0.29, 0.717) is 17.2 Å². The smallest absolute Gasteiger partial charge is 0.323 e. The maximum absolute atomic E-state index is 13.7. The molecule has 3 atom stereocenters. The van der Waals surface area contributed by atoms with Gasteiger partial charge in [-0.15, -0.1) is 0 Å². The molecular formula is C30H33FN4O8S. The number of nitrogens with one attached hydrogen (secondary N) is 2. The quantitative estimate of drug-likeness (QED) is 0.342. The Morgan fingerprint density at radius 2 is 1.84 bits per heavy atom. The van der Waals surface area contributed by atoms with Gasteiger partial charge >= 0.3 is 6.03 Å². The van der Waals surface area contributed by atoms with Crippen molar-refractivity contribution in [3.05, 3.63) is 72.0 Å². The standard InChI is InChI=1S/C30H33FN4O8S/c1-18-14-35(19(2)16-36)29(37)23-5-4-6-24(33-30(38)32-21-9-12-25-26(13-21)42-17-41-25)28(23)43-27(18)15-34(3)44(39,40)22-10-7-20(31)8-11-22/h4-13,18-19,27,36H,14-17H2,1-3H3,(H2,32,33,38)/t18-,19+,27+/m1/s1. The van der Waals surface area contributed by atoms with E-state index in [0.717, 1.165) is 16.4 Å². The van der Waals surface area contributed by atoms with E-state index < -0.39 is 45.8 Å². The number of sulfonamides is 1. The minimum atomic E-state index is -4.02. The predicted octanol–water partition coefficient (Wildman–Crippen LogP) is 3.74. The number of rotatable bonds is 8. The Morgan fingerprint density at radius 1 is 1.11 bits per heavy atom. The highest BCUT2D eigenvalue weighted by atomic mass is 32.2. The molecule has 0 unspecified atom stereocenters. The summed E-state index contributed by atoms with van der Waals surface area (Å²) in [4.78, 5) is 28.2. The van der Waals surface area contributed by atoms with Crippen LogP contribution in [-0.2, 0) is 10.0 Å². The van der Waals surface area contributed by atoms with E-state index in [2.05, 4.69) is 10.6 Å². The summed E-state index contributed by atoms with van der Waals surface area (Å²) in [6.45, 7) is 3.33. The number of para-hydroxylation sites is 1. The molecule has 3 amide bonds. The van der Waals surface area contributed by atoms with Gasteiger partial charge in [-0.05, 0) is 55.5 Å². The van der Waals surface area contributed by atoms with Crippen molar-refractivity contribution in [2.45, 2.75) is 30.9 Å². The average molecular weight is 629 g/mol. The fraction of sp³-hybridized carbons (Fsp3) is 0.333. The second kappa shape index (κ2) is 12.7. The van der Waals surface area contributed by atoms with E-state index in [1.165, 1.54) is 24.1 Å². The van der Waals surface area contributed by atoms with E-state index >= 15 is 0 Å². The molecule has 14 heteroatoms. The molecule has 44 heavy (non-hydrogen) atoms. The fourth-order valence-corrected chi connectivity index (χ4v) is 6.14. The van der Waals surface area contributed by atoms with Gasteiger partial charge in [0.15, 0.2) is 17.2 Å². The zero-order valence-corrected chi connectivity index (χ0v) is 25.1. The number of carbonyl (C=O) groups is 2. The maximum atomic E-state index is 13.7. The molecule has 0 aromatic heterocycles. The molecule has 234 valence electrons. The van der Waals surface area contributed by atoms with Crippen LogP contribution < -0.4 is 24.8 Å². The van der Waals surface area contributed by atoms with E-state index in [9.17, 15) is 27.5 Å². The van der Waals surface area contributed by atoms with Gasteiger partial charge in [-0.25, -0.2) is 17.6 Å². The zero-order chi connectivity index (χ0) is 31.6. The highest BCUT2D eigenvalue weighted by Gasteiger charge is 2.36. The molecule has 0 aliphatic carbocycles. The van der Waals surface area contributed by atoms with Crippen LogP contribution in [0.4, 0.5) is 20.6 Å². The van der Waals surface area contributed by atoms with Crippen LogP contribution in [0.5, 0.6) is 17.2 Å². The van der Waals surface area contributed by atoms with Gasteiger partial charge in [0.05, 0.1) is 35.3 Å². The van der Waals surface area contributed by atoms with Crippen LogP contribution in [0.25, 0.3) is 0 Å². The largest absolute Gasteiger partial charge is 0.486 e. The molecule has 0 saturated carbocycles. The van der Waals surface area contributed by atoms with E-state index in [1.54, 1.807) is 50.2 Å². The number of aliphatic hydroxyl groups is 1. The normalized spacial score (nSPS) is 18.6. The Balaban J connectivity index is 1.45. The summed E-state index contributed by atoms with van der Waals surface area (Å²) in [7, 11) is -2.64. The summed E-state index contributed by atoms with van der Waals surface area (Å²) < 4.78 is 58.3. The molecule has 0 bridgehead atoms. The first kappa shape index (κ1) is 31.0. The Hall–Kier alpha value is -4.40. The number of nitrogens with zero attached hydrogens (tertiary/aromatic N) is 2. The Kier molecular flexibility index (Phi) is 8.95. The molecule has 3 aromatic rings. The van der Waals surface area contributed by atoms with Gasteiger partial charge in [-0.2, -0.15) is 4.31 Å². The lowest BCUT2D eigenvalue weighted by Gasteiger charge is -2.38. The molecule has 3 N–H and O–H groups in total. The van der Waals surface area contributed by atoms with Crippen molar-refractivity contribution < 1.29 is 41.7 Å². The molecule has 0 saturated heterocycles. The van der Waals surface area contributed by atoms with Gasteiger partial charge in [0, 0.05) is 31.3 Å². The number of anilines is 2. The first-order valence-corrected chi connectivity index (χ1v) is 15.3. The lowest BCUT2D eigenvalue weighted by Crippen LogP contribution is -2.50. The SMILES string of the molecule is C[C@@H]1CN([C@@H](C)CO)C(=O)c2cccc(NC(=O)Nc3ccc4c(c3)OCO4)c2O[C@H]1CN(C)S(=O)(=O)c1ccc(F)cc1. The van der Waals surface area contributed by atoms with Crippen LogP contribution in [0.2, 0.25) is 0 Å². The van der Waals surface area contributed by atoms with Gasteiger partial charge in [0.2, 0.25) is 16.8 Å². The molecule has 5 rings (SSSR count). The summed E-state index contributed by atoms with van der Waals surface area (Å²) in [6, 6.07) is 12.9. The van der Waals surface area contributed by atoms with Crippen molar-refractivity contribution in [3.8, 4) is 17.2 Å². The van der Waals surface area contributed by atoms with Crippen LogP contribution in [0.3, 0.4) is 0 Å². The maximum Gasteiger partial charge on any atom is 0.323 e. The lowest BCUT2D eigenvalue weighted by molar-refractivity contribution is 0.0389. The molecule has 12 nitrogen and oxygen atoms in total. The third-order valence-corrected chi connectivity index (χ3v) is 9.37. The first-order chi connectivity index (χ1) is 21.0. The number of benzene rings is 3. The summed E-state index contributed by atoms with van der Waals surface area (Å²) in [6.07, 6.45) is -0.796. The number of halogens is 1. The number of aliphatic hydroxyl groups excluding tert-OH is 1. The third-order valence-electron chi connectivity index (χ3n) is 7.53. The van der Waals surface area contributed by atoms with Gasteiger partial charge in [-0.3, -0.25) is 4.79 Å². The van der Waals surface area contributed by atoms with E-state index in [4.69, 9.17) is 14.2 Å². The van der Waals surface area contributed by atoms with Crippen LogP contribution in [0.15, 0.2) is 65.6 Å². The van der Waals surface area contributed by atoms with Gasteiger partial charge < -0.3 is 34.9 Å². The summed E-state index contributed by atoms with van der Waals surface area (Å²) >= 11 is 0. The van der Waals surface area contributed by atoms with Crippen LogP contribution in [0, 0.1) is 11.7 Å². The number of amides is 3. The molecular weight excluding hydrogens is 595 g/mol. The highest BCUT2D eigenvalue weighted by Crippen LogP contribution is 2.36. The van der Waals surface area contributed by atoms with Crippen molar-refractivity contribution in [1.82, 2.24) is 9.21 Å². The number of fused-ring (bicyclic) bond motifs is 2. The highest BCUT2D eigenvalue weighted by molar-refractivity contribution is 7.89. The fourth-order valence-electron chi connectivity index (χ4n) is 4.96. The third kappa shape index (κ3) is 6.42.